The molecule has 192 valence electrons. The number of rotatable bonds is 5. The Labute approximate surface area is 221 Å². The number of piperazine rings is 1. The van der Waals surface area contributed by atoms with E-state index < -0.39 is 0 Å². The van der Waals surface area contributed by atoms with E-state index in [2.05, 4.69) is 37.0 Å². The molecule has 3 N–H and O–H groups in total. The molecular weight excluding hydrogens is 488 g/mol. The summed E-state index contributed by atoms with van der Waals surface area (Å²) in [6, 6.07) is 16.1. The summed E-state index contributed by atoms with van der Waals surface area (Å²) < 4.78 is 0. The highest BCUT2D eigenvalue weighted by molar-refractivity contribution is 6.33. The molecule has 37 heavy (non-hydrogen) atoms. The molecule has 2 aromatic carbocycles. The molecule has 3 aromatic rings. The van der Waals surface area contributed by atoms with Crippen molar-refractivity contribution >= 4 is 40.8 Å². The zero-order valence-electron chi connectivity index (χ0n) is 20.6. The third kappa shape index (κ3) is 4.44. The van der Waals surface area contributed by atoms with Gasteiger partial charge in [-0.2, -0.15) is 0 Å². The maximum Gasteiger partial charge on any atom is 0.169 e. The van der Waals surface area contributed by atoms with Crippen LogP contribution in [-0.2, 0) is 4.79 Å². The first kappa shape index (κ1) is 23.9. The van der Waals surface area contributed by atoms with E-state index in [1.54, 1.807) is 12.1 Å². The Hall–Kier alpha value is -3.52. The van der Waals surface area contributed by atoms with E-state index in [-0.39, 0.29) is 11.7 Å². The molecular formula is C28H31ClN6O2. The Morgan fingerprint density at radius 3 is 2.35 bits per heavy atom. The van der Waals surface area contributed by atoms with Crippen LogP contribution >= 0.6 is 11.6 Å². The number of anilines is 4. The number of fused-ring (bicyclic) bond motifs is 2. The van der Waals surface area contributed by atoms with Gasteiger partial charge in [0, 0.05) is 55.4 Å². The monoisotopic (exact) mass is 518 g/mol. The maximum atomic E-state index is 11.2. The van der Waals surface area contributed by atoms with Gasteiger partial charge in [0.25, 0.3) is 0 Å². The van der Waals surface area contributed by atoms with Crippen molar-refractivity contribution in [3.05, 3.63) is 53.6 Å². The number of phenols is 1. The van der Waals surface area contributed by atoms with E-state index in [0.29, 0.717) is 29.2 Å². The number of carbonyl (C=O) groups excluding carboxylic acids is 1. The second-order valence-corrected chi connectivity index (χ2v) is 10.7. The number of phenolic OH excluding ortho intramolecular Hbond substituents is 1. The lowest BCUT2D eigenvalue weighted by Gasteiger charge is -2.44. The van der Waals surface area contributed by atoms with Gasteiger partial charge in [0.05, 0.1) is 22.1 Å². The van der Waals surface area contributed by atoms with E-state index in [0.717, 1.165) is 74.5 Å². The molecule has 0 spiro atoms. The molecule has 6 rings (SSSR count). The quantitative estimate of drug-likeness (QED) is 0.481. The van der Waals surface area contributed by atoms with Gasteiger partial charge >= 0.3 is 0 Å². The average molecular weight is 519 g/mol. The van der Waals surface area contributed by atoms with Gasteiger partial charge in [0.15, 0.2) is 5.82 Å². The number of benzene rings is 2. The second-order valence-electron chi connectivity index (χ2n) is 10.3. The zero-order valence-corrected chi connectivity index (χ0v) is 21.4. The second kappa shape index (κ2) is 9.74. The fraction of sp³-hybridized carbons (Fsp3) is 0.393. The predicted molar refractivity (Wildman–Crippen MR) is 148 cm³/mol. The van der Waals surface area contributed by atoms with Gasteiger partial charge in [-0.05, 0) is 62.1 Å². The molecule has 3 saturated heterocycles. The molecule has 0 aliphatic carbocycles. The van der Waals surface area contributed by atoms with Crippen molar-refractivity contribution in [3.8, 4) is 17.0 Å². The molecule has 0 radical (unpaired) electrons. The van der Waals surface area contributed by atoms with E-state index >= 15 is 0 Å². The number of hydrogen-bond acceptors (Lipinski definition) is 8. The van der Waals surface area contributed by atoms with E-state index in [1.165, 1.54) is 5.69 Å². The Kier molecular flexibility index (Phi) is 6.28. The molecule has 9 heteroatoms. The van der Waals surface area contributed by atoms with Crippen molar-refractivity contribution in [3.63, 3.8) is 0 Å². The minimum absolute atomic E-state index is 0.156. The van der Waals surface area contributed by atoms with Crippen molar-refractivity contribution in [2.24, 2.45) is 5.92 Å². The third-order valence-electron chi connectivity index (χ3n) is 8.10. The van der Waals surface area contributed by atoms with Crippen LogP contribution in [0, 0.1) is 5.92 Å². The number of carbonyl (C=O) groups is 1. The minimum Gasteiger partial charge on any atom is -0.507 e. The SMILES string of the molecule is Nc1nnc(-c2ccccc2O)cc1N1CC2CCC(C1)N2c1ccc(Cl)c(N2CCC(C=O)CC2)c1. The first-order chi connectivity index (χ1) is 18.0. The lowest BCUT2D eigenvalue weighted by atomic mass is 9.98. The number of nitrogens with zero attached hydrogens (tertiary/aromatic N) is 5. The van der Waals surface area contributed by atoms with Crippen LogP contribution < -0.4 is 20.4 Å². The molecule has 2 unspecified atom stereocenters. The number of piperidine rings is 1. The molecule has 2 atom stereocenters. The van der Waals surface area contributed by atoms with Crippen LogP contribution in [0.2, 0.25) is 5.02 Å². The topological polar surface area (TPSA) is 98.8 Å². The van der Waals surface area contributed by atoms with Crippen LogP contribution in [0.1, 0.15) is 25.7 Å². The van der Waals surface area contributed by atoms with Crippen LogP contribution in [0.3, 0.4) is 0 Å². The fourth-order valence-electron chi connectivity index (χ4n) is 6.17. The van der Waals surface area contributed by atoms with E-state index in [9.17, 15) is 9.90 Å². The number of halogens is 1. The molecule has 2 bridgehead atoms. The van der Waals surface area contributed by atoms with Crippen molar-refractivity contribution in [2.75, 3.05) is 46.6 Å². The largest absolute Gasteiger partial charge is 0.507 e. The summed E-state index contributed by atoms with van der Waals surface area (Å²) >= 11 is 6.64. The summed E-state index contributed by atoms with van der Waals surface area (Å²) in [6.07, 6.45) is 5.04. The molecule has 1 aromatic heterocycles. The average Bonchev–Trinajstić information content (AvgIpc) is 3.18. The molecule has 3 aliphatic rings. The van der Waals surface area contributed by atoms with Gasteiger partial charge in [-0.1, -0.05) is 23.7 Å². The van der Waals surface area contributed by atoms with Crippen LogP contribution in [0.4, 0.5) is 22.9 Å². The van der Waals surface area contributed by atoms with Crippen molar-refractivity contribution in [2.45, 2.75) is 37.8 Å². The Balaban J connectivity index is 1.24. The van der Waals surface area contributed by atoms with Crippen LogP contribution in [0.15, 0.2) is 48.5 Å². The predicted octanol–water partition coefficient (Wildman–Crippen LogP) is 4.36. The highest BCUT2D eigenvalue weighted by Crippen LogP contribution is 2.41. The van der Waals surface area contributed by atoms with Crippen molar-refractivity contribution in [1.29, 1.82) is 0 Å². The normalized spacial score (nSPS) is 21.9. The van der Waals surface area contributed by atoms with Crippen molar-refractivity contribution < 1.29 is 9.90 Å². The number of aldehydes is 1. The van der Waals surface area contributed by atoms with E-state index in [1.807, 2.05) is 24.3 Å². The third-order valence-corrected chi connectivity index (χ3v) is 8.42. The number of hydrogen-bond donors (Lipinski definition) is 2. The highest BCUT2D eigenvalue weighted by Gasteiger charge is 2.41. The smallest absolute Gasteiger partial charge is 0.169 e. The Bertz CT molecular complexity index is 1300. The summed E-state index contributed by atoms with van der Waals surface area (Å²) in [5, 5.41) is 19.5. The van der Waals surface area contributed by atoms with Crippen LogP contribution in [-0.4, -0.2) is 59.9 Å². The molecule has 8 nitrogen and oxygen atoms in total. The van der Waals surface area contributed by atoms with Gasteiger partial charge in [-0.3, -0.25) is 0 Å². The highest BCUT2D eigenvalue weighted by atomic mass is 35.5. The summed E-state index contributed by atoms with van der Waals surface area (Å²) in [5.74, 6) is 0.731. The van der Waals surface area contributed by atoms with Gasteiger partial charge in [0.2, 0.25) is 0 Å². The Morgan fingerprint density at radius 2 is 1.65 bits per heavy atom. The number of para-hydroxylation sites is 1. The first-order valence-corrected chi connectivity index (χ1v) is 13.3. The number of aromatic nitrogens is 2. The zero-order chi connectivity index (χ0) is 25.5. The van der Waals surface area contributed by atoms with Gasteiger partial charge in [0.1, 0.15) is 12.0 Å². The Morgan fingerprint density at radius 1 is 0.919 bits per heavy atom. The standard InChI is InChI=1S/C28H31ClN6O2/c29-23-8-7-19(13-25(23)33-11-9-18(17-36)10-12-33)35-20-5-6-21(35)16-34(15-20)26-14-24(31-32-28(26)30)22-3-1-2-4-27(22)37/h1-4,7-8,13-14,17-18,20-21,37H,5-6,9-12,15-16H2,(H2,30,32). The van der Waals surface area contributed by atoms with Gasteiger partial charge in [-0.25, -0.2) is 0 Å². The van der Waals surface area contributed by atoms with Gasteiger partial charge < -0.3 is 30.3 Å². The lowest BCUT2D eigenvalue weighted by Crippen LogP contribution is -2.54. The van der Waals surface area contributed by atoms with Crippen LogP contribution in [0.25, 0.3) is 11.3 Å². The molecule has 3 aliphatic heterocycles. The summed E-state index contributed by atoms with van der Waals surface area (Å²) in [4.78, 5) is 18.4. The lowest BCUT2D eigenvalue weighted by molar-refractivity contribution is -0.111. The molecule has 0 amide bonds. The van der Waals surface area contributed by atoms with Gasteiger partial charge in [-0.15, -0.1) is 10.2 Å². The molecule has 4 heterocycles. The summed E-state index contributed by atoms with van der Waals surface area (Å²) in [6.45, 7) is 3.35. The number of aromatic hydroxyl groups is 1. The fourth-order valence-corrected chi connectivity index (χ4v) is 6.41. The summed E-state index contributed by atoms with van der Waals surface area (Å²) in [5.41, 5.74) is 10.7. The molecule has 0 saturated carbocycles. The number of nitrogen functional groups attached to an aromatic ring is 1. The van der Waals surface area contributed by atoms with Crippen LogP contribution in [0.5, 0.6) is 5.75 Å². The van der Waals surface area contributed by atoms with E-state index in [4.69, 9.17) is 17.3 Å². The number of nitrogens with two attached hydrogens (primary N) is 1. The van der Waals surface area contributed by atoms with Crippen molar-refractivity contribution in [1.82, 2.24) is 10.2 Å². The molecule has 3 fully saturated rings. The first-order valence-electron chi connectivity index (χ1n) is 13.0. The minimum atomic E-state index is 0.156. The maximum absolute atomic E-state index is 11.2. The summed E-state index contributed by atoms with van der Waals surface area (Å²) in [7, 11) is 0.